The van der Waals surface area contributed by atoms with Crippen molar-refractivity contribution in [1.82, 2.24) is 5.32 Å². The molecule has 0 amide bonds. The summed E-state index contributed by atoms with van der Waals surface area (Å²) in [5, 5.41) is 3.93. The highest BCUT2D eigenvalue weighted by atomic mass is 16.5. The van der Waals surface area contributed by atoms with Crippen LogP contribution in [0.3, 0.4) is 0 Å². The quantitative estimate of drug-likeness (QED) is 0.339. The van der Waals surface area contributed by atoms with Gasteiger partial charge in [-0.3, -0.25) is 5.32 Å². The van der Waals surface area contributed by atoms with Crippen LogP contribution in [-0.4, -0.2) is 25.9 Å². The van der Waals surface area contributed by atoms with Crippen molar-refractivity contribution in [3.05, 3.63) is 59.7 Å². The smallest absolute Gasteiger partial charge is 0.118 e. The Kier molecular flexibility index (Phi) is 9.29. The Hall–Kier alpha value is -2.12. The summed E-state index contributed by atoms with van der Waals surface area (Å²) in [6.45, 7) is 0. The van der Waals surface area contributed by atoms with Crippen molar-refractivity contribution in [2.75, 3.05) is 14.2 Å². The fourth-order valence-corrected chi connectivity index (χ4v) is 6.43. The Bertz CT molecular complexity index is 923. The van der Waals surface area contributed by atoms with Gasteiger partial charge in [0, 0.05) is 12.1 Å². The van der Waals surface area contributed by atoms with Crippen LogP contribution < -0.4 is 32.0 Å². The van der Waals surface area contributed by atoms with E-state index in [1.807, 2.05) is 36.4 Å². The fraction of sp³-hybridized carbons (Fsp3) is 0.600. The first-order chi connectivity index (χ1) is 17.5. The molecule has 0 heterocycles. The molecule has 36 heavy (non-hydrogen) atoms. The highest BCUT2D eigenvalue weighted by Crippen LogP contribution is 2.40. The molecule has 2 aliphatic carbocycles. The third kappa shape index (κ3) is 6.05. The Labute approximate surface area is 217 Å². The van der Waals surface area contributed by atoms with Gasteiger partial charge in [0.25, 0.3) is 0 Å². The molecule has 198 valence electrons. The number of methoxy groups -OCH3 is 2. The predicted octanol–water partition coefficient (Wildman–Crippen LogP) is 5.18. The van der Waals surface area contributed by atoms with E-state index in [9.17, 15) is 0 Å². The molecule has 4 unspecified atom stereocenters. The molecule has 0 spiro atoms. The minimum Gasteiger partial charge on any atom is -0.497 e. The van der Waals surface area contributed by atoms with Gasteiger partial charge in [0.05, 0.1) is 25.9 Å². The average Bonchev–Trinajstić information content (AvgIpc) is 2.96. The Balaban J connectivity index is 1.70. The van der Waals surface area contributed by atoms with E-state index in [0.29, 0.717) is 11.8 Å². The van der Waals surface area contributed by atoms with Crippen LogP contribution in [0, 0.1) is 11.8 Å². The number of benzene rings is 2. The maximum Gasteiger partial charge on any atom is 0.118 e. The molecule has 2 aliphatic rings. The van der Waals surface area contributed by atoms with E-state index in [4.69, 9.17) is 26.7 Å². The van der Waals surface area contributed by atoms with E-state index in [1.54, 1.807) is 14.2 Å². The van der Waals surface area contributed by atoms with E-state index in [2.05, 4.69) is 17.4 Å². The first kappa shape index (κ1) is 26.9. The topological polar surface area (TPSA) is 109 Å². The lowest BCUT2D eigenvalue weighted by molar-refractivity contribution is 0.0771. The average molecular weight is 495 g/mol. The molecule has 0 aliphatic heterocycles. The zero-order chi connectivity index (χ0) is 25.5. The summed E-state index contributed by atoms with van der Waals surface area (Å²) < 4.78 is 10.8. The van der Waals surface area contributed by atoms with Crippen LogP contribution in [-0.2, 0) is 0 Å². The first-order valence-corrected chi connectivity index (χ1v) is 13.8. The normalized spacial score (nSPS) is 21.8. The second-order valence-corrected chi connectivity index (χ2v) is 10.9. The molecule has 2 aromatic rings. The Morgan fingerprint density at radius 2 is 1.19 bits per heavy atom. The molecule has 0 bridgehead atoms. The molecular weight excluding hydrogens is 448 g/mol. The van der Waals surface area contributed by atoms with E-state index in [0.717, 1.165) is 48.3 Å². The van der Waals surface area contributed by atoms with Crippen LogP contribution in [0.2, 0.25) is 0 Å². The number of ether oxygens (including phenoxy) is 2. The van der Waals surface area contributed by atoms with Crippen LogP contribution in [0.5, 0.6) is 11.5 Å². The maximum atomic E-state index is 7.47. The van der Waals surface area contributed by atoms with Crippen LogP contribution >= 0.6 is 0 Å². The Morgan fingerprint density at radius 1 is 0.722 bits per heavy atom. The first-order valence-electron chi connectivity index (χ1n) is 13.8. The molecule has 2 fully saturated rings. The van der Waals surface area contributed by atoms with E-state index >= 15 is 0 Å². The largest absolute Gasteiger partial charge is 0.497 e. The minimum absolute atomic E-state index is 0.121. The second kappa shape index (κ2) is 12.4. The van der Waals surface area contributed by atoms with Crippen molar-refractivity contribution in [1.29, 1.82) is 0 Å². The molecule has 6 nitrogen and oxygen atoms in total. The van der Waals surface area contributed by atoms with Gasteiger partial charge in [-0.1, -0.05) is 62.8 Å². The molecule has 6 heteroatoms. The molecule has 0 saturated heterocycles. The zero-order valence-electron chi connectivity index (χ0n) is 22.1. The van der Waals surface area contributed by atoms with Crippen LogP contribution in [0.4, 0.5) is 0 Å². The number of nitrogens with two attached hydrogens (primary N) is 3. The number of nitrogens with one attached hydrogen (secondary N) is 1. The molecule has 2 saturated carbocycles. The van der Waals surface area contributed by atoms with E-state index in [1.165, 1.54) is 38.5 Å². The van der Waals surface area contributed by atoms with Crippen molar-refractivity contribution < 1.29 is 9.47 Å². The lowest BCUT2D eigenvalue weighted by atomic mass is 9.70. The number of hydrogen-bond acceptors (Lipinski definition) is 6. The van der Waals surface area contributed by atoms with Gasteiger partial charge < -0.3 is 26.7 Å². The molecule has 0 radical (unpaired) electrons. The summed E-state index contributed by atoms with van der Waals surface area (Å²) in [6.07, 6.45) is 12.0. The molecule has 2 aromatic carbocycles. The maximum absolute atomic E-state index is 7.47. The summed E-state index contributed by atoms with van der Waals surface area (Å²) in [6, 6.07) is 15.5. The fourth-order valence-electron chi connectivity index (χ4n) is 6.43. The Morgan fingerprint density at radius 3 is 1.69 bits per heavy atom. The molecule has 7 N–H and O–H groups in total. The zero-order valence-corrected chi connectivity index (χ0v) is 22.1. The van der Waals surface area contributed by atoms with Gasteiger partial charge in [-0.05, 0) is 72.9 Å². The van der Waals surface area contributed by atoms with Gasteiger partial charge in [-0.25, -0.2) is 0 Å². The van der Waals surface area contributed by atoms with Crippen molar-refractivity contribution in [2.45, 2.75) is 88.0 Å². The lowest BCUT2D eigenvalue weighted by Gasteiger charge is -2.50. The van der Waals surface area contributed by atoms with Crippen LogP contribution in [0.15, 0.2) is 48.5 Å². The van der Waals surface area contributed by atoms with Crippen molar-refractivity contribution in [2.24, 2.45) is 29.0 Å². The monoisotopic (exact) mass is 494 g/mol. The summed E-state index contributed by atoms with van der Waals surface area (Å²) in [4.78, 5) is 0. The van der Waals surface area contributed by atoms with Gasteiger partial charge >= 0.3 is 0 Å². The minimum atomic E-state index is -0.697. The predicted molar refractivity (Wildman–Crippen MR) is 147 cm³/mol. The van der Waals surface area contributed by atoms with Gasteiger partial charge in [0.15, 0.2) is 0 Å². The van der Waals surface area contributed by atoms with Gasteiger partial charge in [0.2, 0.25) is 0 Å². The highest BCUT2D eigenvalue weighted by molar-refractivity contribution is 5.35. The summed E-state index contributed by atoms with van der Waals surface area (Å²) in [7, 11) is 3.36. The van der Waals surface area contributed by atoms with E-state index < -0.39 is 5.66 Å². The molecule has 4 rings (SSSR count). The lowest BCUT2D eigenvalue weighted by Crippen LogP contribution is -2.72. The SMILES string of the molecule is COc1ccc(C(N)C(NC(N)(C2CCCCC2)C(N)C2CCCCC2)c2ccc(OC)cc2)cc1. The van der Waals surface area contributed by atoms with Crippen molar-refractivity contribution in [3.63, 3.8) is 0 Å². The molecule has 4 atom stereocenters. The van der Waals surface area contributed by atoms with Crippen LogP contribution in [0.1, 0.15) is 87.4 Å². The standard InChI is InChI=1S/C30H46N4O2/c1-35-25-17-13-21(14-18-25)27(31)28(22-15-19-26(36-2)20-16-22)34-30(33,24-11-7-4-8-12-24)29(32)23-9-5-3-6-10-23/h13-20,23-24,27-29,34H,3-12,31-33H2,1-2H3. The summed E-state index contributed by atoms with van der Waals surface area (Å²) in [5.74, 6) is 2.40. The van der Waals surface area contributed by atoms with Crippen molar-refractivity contribution in [3.8, 4) is 11.5 Å². The third-order valence-electron chi connectivity index (χ3n) is 8.73. The summed E-state index contributed by atoms with van der Waals surface area (Å²) >= 11 is 0. The second-order valence-electron chi connectivity index (χ2n) is 10.9. The molecular formula is C30H46N4O2. The molecule has 0 aromatic heterocycles. The van der Waals surface area contributed by atoms with Gasteiger partial charge in [-0.2, -0.15) is 0 Å². The van der Waals surface area contributed by atoms with Gasteiger partial charge in [0.1, 0.15) is 11.5 Å². The van der Waals surface area contributed by atoms with Crippen molar-refractivity contribution >= 4 is 0 Å². The highest BCUT2D eigenvalue weighted by Gasteiger charge is 2.46. The number of hydrogen-bond donors (Lipinski definition) is 4. The van der Waals surface area contributed by atoms with Gasteiger partial charge in [-0.15, -0.1) is 0 Å². The van der Waals surface area contributed by atoms with E-state index in [-0.39, 0.29) is 18.1 Å². The summed E-state index contributed by atoms with van der Waals surface area (Å²) in [5.41, 5.74) is 23.0. The third-order valence-corrected chi connectivity index (χ3v) is 8.73. The van der Waals surface area contributed by atoms with Crippen LogP contribution in [0.25, 0.3) is 0 Å². The number of rotatable bonds is 10.